The minimum absolute atomic E-state index is 0.627. The van der Waals surface area contributed by atoms with E-state index < -0.39 is 0 Å². The fourth-order valence-corrected chi connectivity index (χ4v) is 1.81. The minimum atomic E-state index is 0.627. The second-order valence-corrected chi connectivity index (χ2v) is 3.94. The first-order valence-corrected chi connectivity index (χ1v) is 6.09. The summed E-state index contributed by atoms with van der Waals surface area (Å²) in [5, 5.41) is 7.45. The molecule has 0 radical (unpaired) electrons. The zero-order chi connectivity index (χ0) is 13.5. The maximum Gasteiger partial charge on any atom is 0.183 e. The molecule has 0 aromatic carbocycles. The Balaban J connectivity index is 1.88. The minimum Gasteiger partial charge on any atom is -0.493 e. The molecule has 2 aromatic heterocycles. The zero-order valence-corrected chi connectivity index (χ0v) is 11.2. The highest BCUT2D eigenvalue weighted by molar-refractivity contribution is 5.42. The predicted molar refractivity (Wildman–Crippen MR) is 71.3 cm³/mol. The van der Waals surface area contributed by atoms with E-state index in [2.05, 4.69) is 15.4 Å². The third kappa shape index (κ3) is 3.45. The summed E-state index contributed by atoms with van der Waals surface area (Å²) in [7, 11) is 3.24. The Morgan fingerprint density at radius 3 is 2.84 bits per heavy atom. The molecule has 2 rings (SSSR count). The molecule has 6 nitrogen and oxygen atoms in total. The van der Waals surface area contributed by atoms with Crippen molar-refractivity contribution in [2.45, 2.75) is 13.1 Å². The molecule has 2 heterocycles. The summed E-state index contributed by atoms with van der Waals surface area (Å²) in [6, 6.07) is 3.69. The molecule has 1 N–H and O–H groups in total. The van der Waals surface area contributed by atoms with Crippen molar-refractivity contribution in [2.75, 3.05) is 20.8 Å². The fraction of sp³-hybridized carbons (Fsp3) is 0.385. The molecule has 0 saturated heterocycles. The smallest absolute Gasteiger partial charge is 0.183 e. The van der Waals surface area contributed by atoms with Crippen molar-refractivity contribution in [3.05, 3.63) is 36.4 Å². The molecule has 2 aromatic rings. The highest BCUT2D eigenvalue weighted by Gasteiger charge is 2.10. The van der Waals surface area contributed by atoms with Crippen LogP contribution in [0.2, 0.25) is 0 Å². The van der Waals surface area contributed by atoms with Gasteiger partial charge in [0, 0.05) is 37.7 Å². The summed E-state index contributed by atoms with van der Waals surface area (Å²) in [5.74, 6) is 1.37. The van der Waals surface area contributed by atoms with Gasteiger partial charge in [-0.25, -0.2) is 0 Å². The van der Waals surface area contributed by atoms with Crippen LogP contribution in [0.25, 0.3) is 0 Å². The molecule has 0 atom stereocenters. The van der Waals surface area contributed by atoms with E-state index in [-0.39, 0.29) is 0 Å². The number of nitrogens with zero attached hydrogens (tertiary/aromatic N) is 3. The summed E-state index contributed by atoms with van der Waals surface area (Å²) in [5.41, 5.74) is 0.835. The molecule has 0 aliphatic rings. The number of rotatable bonds is 7. The molecule has 0 fully saturated rings. The van der Waals surface area contributed by atoms with Gasteiger partial charge in [0.05, 0.1) is 26.5 Å². The summed E-state index contributed by atoms with van der Waals surface area (Å²) in [6.45, 7) is 2.25. The van der Waals surface area contributed by atoms with Gasteiger partial charge in [0.2, 0.25) is 0 Å². The van der Waals surface area contributed by atoms with Crippen LogP contribution in [0.3, 0.4) is 0 Å². The van der Waals surface area contributed by atoms with Crippen LogP contribution in [0.4, 0.5) is 0 Å². The monoisotopic (exact) mass is 262 g/mol. The lowest BCUT2D eigenvalue weighted by molar-refractivity contribution is 0.348. The number of aromatic nitrogens is 3. The van der Waals surface area contributed by atoms with Crippen molar-refractivity contribution in [1.29, 1.82) is 0 Å². The largest absolute Gasteiger partial charge is 0.493 e. The second-order valence-electron chi connectivity index (χ2n) is 3.94. The van der Waals surface area contributed by atoms with Gasteiger partial charge in [0.1, 0.15) is 0 Å². The number of methoxy groups -OCH3 is 2. The van der Waals surface area contributed by atoms with E-state index in [4.69, 9.17) is 9.47 Å². The molecule has 0 aliphatic heterocycles. The molecule has 0 spiro atoms. The van der Waals surface area contributed by atoms with Gasteiger partial charge >= 0.3 is 0 Å². The summed E-state index contributed by atoms with van der Waals surface area (Å²) >= 11 is 0. The van der Waals surface area contributed by atoms with Gasteiger partial charge in [0.25, 0.3) is 0 Å². The lowest BCUT2D eigenvalue weighted by Crippen LogP contribution is -2.20. The number of pyridine rings is 1. The first-order chi connectivity index (χ1) is 9.35. The Labute approximate surface area is 112 Å². The Bertz CT molecular complexity index is 499. The van der Waals surface area contributed by atoms with Gasteiger partial charge in [-0.1, -0.05) is 0 Å². The van der Waals surface area contributed by atoms with Crippen LogP contribution in [-0.2, 0) is 13.1 Å². The van der Waals surface area contributed by atoms with E-state index in [1.807, 2.05) is 16.9 Å². The number of hydrogen-bond donors (Lipinski definition) is 1. The third-order valence-electron chi connectivity index (χ3n) is 2.74. The Hall–Kier alpha value is -2.08. The molecule has 0 amide bonds. The van der Waals surface area contributed by atoms with Crippen molar-refractivity contribution < 1.29 is 9.47 Å². The molecule has 0 unspecified atom stereocenters. The standard InChI is InChI=1S/C13H18N4O2/c1-18-12-4-6-15-11(13(12)19-2)10-14-7-9-17-8-3-5-16-17/h3-6,8,14H,7,9-10H2,1-2H3. The van der Waals surface area contributed by atoms with Crippen LogP contribution in [0, 0.1) is 0 Å². The van der Waals surface area contributed by atoms with Crippen molar-refractivity contribution in [3.63, 3.8) is 0 Å². The highest BCUT2D eigenvalue weighted by Crippen LogP contribution is 2.28. The average Bonchev–Trinajstić information content (AvgIpc) is 2.96. The fourth-order valence-electron chi connectivity index (χ4n) is 1.81. The lowest BCUT2D eigenvalue weighted by Gasteiger charge is -2.12. The van der Waals surface area contributed by atoms with E-state index in [0.717, 1.165) is 18.8 Å². The van der Waals surface area contributed by atoms with Crippen LogP contribution in [0.1, 0.15) is 5.69 Å². The number of ether oxygens (including phenoxy) is 2. The van der Waals surface area contributed by atoms with Gasteiger partial charge in [-0.05, 0) is 6.07 Å². The third-order valence-corrected chi connectivity index (χ3v) is 2.74. The molecule has 6 heteroatoms. The molecule has 0 saturated carbocycles. The summed E-state index contributed by atoms with van der Waals surface area (Å²) in [6.07, 6.45) is 5.42. The van der Waals surface area contributed by atoms with Crippen LogP contribution < -0.4 is 14.8 Å². The SMILES string of the molecule is COc1ccnc(CNCCn2cccn2)c1OC. The molecule has 102 valence electrons. The van der Waals surface area contributed by atoms with Crippen molar-refractivity contribution in [3.8, 4) is 11.5 Å². The second kappa shape index (κ2) is 6.75. The van der Waals surface area contributed by atoms with E-state index in [1.54, 1.807) is 32.7 Å². The average molecular weight is 262 g/mol. The molecule has 0 bridgehead atoms. The zero-order valence-electron chi connectivity index (χ0n) is 11.2. The highest BCUT2D eigenvalue weighted by atomic mass is 16.5. The van der Waals surface area contributed by atoms with Crippen LogP contribution in [0.15, 0.2) is 30.7 Å². The first-order valence-electron chi connectivity index (χ1n) is 6.09. The topological polar surface area (TPSA) is 61.2 Å². The van der Waals surface area contributed by atoms with Crippen molar-refractivity contribution in [2.24, 2.45) is 0 Å². The molecule has 0 aliphatic carbocycles. The maximum absolute atomic E-state index is 5.33. The Morgan fingerprint density at radius 1 is 1.26 bits per heavy atom. The number of hydrogen-bond acceptors (Lipinski definition) is 5. The van der Waals surface area contributed by atoms with Crippen LogP contribution in [0.5, 0.6) is 11.5 Å². The van der Waals surface area contributed by atoms with Gasteiger partial charge in [0.15, 0.2) is 11.5 Å². The Kier molecular flexibility index (Phi) is 4.74. The predicted octanol–water partition coefficient (Wildman–Crippen LogP) is 1.09. The van der Waals surface area contributed by atoms with E-state index in [0.29, 0.717) is 18.0 Å². The summed E-state index contributed by atoms with van der Waals surface area (Å²) in [4.78, 5) is 4.30. The molecular weight excluding hydrogens is 244 g/mol. The van der Waals surface area contributed by atoms with Crippen LogP contribution in [-0.4, -0.2) is 35.5 Å². The van der Waals surface area contributed by atoms with E-state index in [9.17, 15) is 0 Å². The van der Waals surface area contributed by atoms with Gasteiger partial charge in [-0.15, -0.1) is 0 Å². The van der Waals surface area contributed by atoms with E-state index >= 15 is 0 Å². The van der Waals surface area contributed by atoms with Gasteiger partial charge in [-0.3, -0.25) is 9.67 Å². The van der Waals surface area contributed by atoms with E-state index in [1.165, 1.54) is 0 Å². The van der Waals surface area contributed by atoms with Crippen LogP contribution >= 0.6 is 0 Å². The first kappa shape index (κ1) is 13.4. The normalized spacial score (nSPS) is 10.4. The van der Waals surface area contributed by atoms with Gasteiger partial charge in [-0.2, -0.15) is 5.10 Å². The number of nitrogens with one attached hydrogen (secondary N) is 1. The summed E-state index contributed by atoms with van der Waals surface area (Å²) < 4.78 is 12.4. The van der Waals surface area contributed by atoms with Crippen molar-refractivity contribution >= 4 is 0 Å². The Morgan fingerprint density at radius 2 is 2.16 bits per heavy atom. The molecule has 19 heavy (non-hydrogen) atoms. The molecular formula is C13H18N4O2. The van der Waals surface area contributed by atoms with Crippen molar-refractivity contribution in [1.82, 2.24) is 20.1 Å². The lowest BCUT2D eigenvalue weighted by atomic mass is 10.3. The van der Waals surface area contributed by atoms with Gasteiger partial charge < -0.3 is 14.8 Å². The quantitative estimate of drug-likeness (QED) is 0.757. The maximum atomic E-state index is 5.33.